The molecule has 5 nitrogen and oxygen atoms in total. The molecule has 3 atom stereocenters. The Hall–Kier alpha value is -3.38. The number of aryl methyl sites for hydroxylation is 3. The largest absolute Gasteiger partial charge is 0.467 e. The van der Waals surface area contributed by atoms with Crippen LogP contribution in [0.2, 0.25) is 0 Å². The van der Waals surface area contributed by atoms with Crippen molar-refractivity contribution in [3.8, 4) is 5.75 Å². The van der Waals surface area contributed by atoms with Crippen molar-refractivity contribution < 1.29 is 9.53 Å². The number of rotatable bonds is 3. The average Bonchev–Trinajstić information content (AvgIpc) is 2.76. The number of ether oxygens (including phenoxy) is 1. The summed E-state index contributed by atoms with van der Waals surface area (Å²) in [6.45, 7) is 8.04. The fourth-order valence-electron chi connectivity index (χ4n) is 4.98. The lowest BCUT2D eigenvalue weighted by Crippen LogP contribution is -2.72. The van der Waals surface area contributed by atoms with Crippen LogP contribution in [0.4, 0.5) is 11.4 Å². The molecule has 2 aliphatic rings. The van der Waals surface area contributed by atoms with E-state index in [1.807, 2.05) is 93.3 Å². The molecule has 6 heteroatoms. The van der Waals surface area contributed by atoms with E-state index in [0.717, 1.165) is 39.4 Å². The van der Waals surface area contributed by atoms with Gasteiger partial charge in [-0.25, -0.2) is 0 Å². The van der Waals surface area contributed by atoms with Crippen molar-refractivity contribution in [2.45, 2.75) is 39.5 Å². The van der Waals surface area contributed by atoms with Crippen LogP contribution < -0.4 is 20.3 Å². The molecule has 3 aromatic rings. The lowest BCUT2D eigenvalue weighted by Gasteiger charge is -2.56. The third-order valence-electron chi connectivity index (χ3n) is 6.62. The van der Waals surface area contributed by atoms with Crippen LogP contribution in [0, 0.1) is 26.7 Å². The standard InChI is InChI=1S/C27H27N3O2S/c1-16-9-12-19(13-10-16)30-26(33)29-24-20-7-5-6-8-22(20)32-27(30,4)23(24)25(31)28-21-14-11-17(2)15-18(21)3/h5-15,23-24H,1-4H3,(H,28,31)(H,29,33)/t23-,24-,27+/m0/s1. The van der Waals surface area contributed by atoms with Gasteiger partial charge >= 0.3 is 0 Å². The van der Waals surface area contributed by atoms with Gasteiger partial charge in [0.1, 0.15) is 11.7 Å². The number of thiocarbonyl (C=S) groups is 1. The highest BCUT2D eigenvalue weighted by molar-refractivity contribution is 7.80. The molecule has 1 fully saturated rings. The van der Waals surface area contributed by atoms with Gasteiger partial charge < -0.3 is 15.4 Å². The minimum Gasteiger partial charge on any atom is -0.467 e. The second-order valence-electron chi connectivity index (χ2n) is 9.08. The zero-order valence-corrected chi connectivity index (χ0v) is 20.0. The fraction of sp³-hybridized carbons (Fsp3) is 0.259. The van der Waals surface area contributed by atoms with E-state index in [1.165, 1.54) is 0 Å². The highest BCUT2D eigenvalue weighted by Gasteiger charge is 2.59. The van der Waals surface area contributed by atoms with Crippen molar-refractivity contribution in [2.75, 3.05) is 10.2 Å². The van der Waals surface area contributed by atoms with Crippen molar-refractivity contribution in [3.05, 3.63) is 89.0 Å². The van der Waals surface area contributed by atoms with Crippen LogP contribution in [-0.2, 0) is 4.79 Å². The summed E-state index contributed by atoms with van der Waals surface area (Å²) in [6, 6.07) is 21.7. The molecule has 2 N–H and O–H groups in total. The summed E-state index contributed by atoms with van der Waals surface area (Å²) in [5.41, 5.74) is 4.92. The van der Waals surface area contributed by atoms with E-state index in [-0.39, 0.29) is 11.9 Å². The molecule has 5 rings (SSSR count). The predicted molar refractivity (Wildman–Crippen MR) is 136 cm³/mol. The normalized spacial score (nSPS) is 23.3. The van der Waals surface area contributed by atoms with Gasteiger partial charge in [-0.15, -0.1) is 0 Å². The highest BCUT2D eigenvalue weighted by atomic mass is 32.1. The number of fused-ring (bicyclic) bond motifs is 4. The van der Waals surface area contributed by atoms with Crippen molar-refractivity contribution in [3.63, 3.8) is 0 Å². The first-order valence-electron chi connectivity index (χ1n) is 11.1. The molecule has 1 amide bonds. The van der Waals surface area contributed by atoms with Gasteiger partial charge in [-0.3, -0.25) is 9.69 Å². The first-order chi connectivity index (χ1) is 15.8. The van der Waals surface area contributed by atoms with E-state index in [0.29, 0.717) is 5.11 Å². The van der Waals surface area contributed by atoms with Crippen LogP contribution in [0.1, 0.15) is 35.2 Å². The lowest BCUT2D eigenvalue weighted by molar-refractivity contribution is -0.130. The van der Waals surface area contributed by atoms with Gasteiger partial charge in [0, 0.05) is 16.9 Å². The smallest absolute Gasteiger partial charge is 0.236 e. The number of anilines is 2. The van der Waals surface area contributed by atoms with Crippen LogP contribution in [0.3, 0.4) is 0 Å². The minimum atomic E-state index is -1.01. The third-order valence-corrected chi connectivity index (χ3v) is 6.92. The molecular weight excluding hydrogens is 430 g/mol. The zero-order chi connectivity index (χ0) is 23.3. The molecule has 3 aromatic carbocycles. The maximum Gasteiger partial charge on any atom is 0.236 e. The van der Waals surface area contributed by atoms with Gasteiger partial charge in [-0.1, -0.05) is 53.6 Å². The molecule has 2 heterocycles. The second-order valence-corrected chi connectivity index (χ2v) is 9.46. The molecule has 0 aliphatic carbocycles. The van der Waals surface area contributed by atoms with E-state index < -0.39 is 11.6 Å². The number of carbonyl (C=O) groups excluding carboxylic acids is 1. The van der Waals surface area contributed by atoms with Crippen LogP contribution >= 0.6 is 12.2 Å². The van der Waals surface area contributed by atoms with Crippen LogP contribution in [0.5, 0.6) is 5.75 Å². The highest BCUT2D eigenvalue weighted by Crippen LogP contribution is 2.49. The quantitative estimate of drug-likeness (QED) is 0.515. The Morgan fingerprint density at radius 3 is 2.45 bits per heavy atom. The van der Waals surface area contributed by atoms with Crippen molar-refractivity contribution in [1.29, 1.82) is 0 Å². The van der Waals surface area contributed by atoms with Crippen molar-refractivity contribution in [2.24, 2.45) is 5.92 Å². The molecule has 33 heavy (non-hydrogen) atoms. The van der Waals surface area contributed by atoms with Crippen molar-refractivity contribution >= 4 is 34.6 Å². The summed E-state index contributed by atoms with van der Waals surface area (Å²) in [6.07, 6.45) is 0. The fourth-order valence-corrected chi connectivity index (χ4v) is 5.39. The van der Waals surface area contributed by atoms with E-state index in [9.17, 15) is 4.79 Å². The van der Waals surface area contributed by atoms with Gasteiger partial charge in [0.05, 0.1) is 6.04 Å². The molecule has 2 bridgehead atoms. The second kappa shape index (κ2) is 7.89. The Bertz CT molecular complexity index is 1260. The van der Waals surface area contributed by atoms with E-state index in [2.05, 4.69) is 16.7 Å². The van der Waals surface area contributed by atoms with Crippen molar-refractivity contribution in [1.82, 2.24) is 5.32 Å². The topological polar surface area (TPSA) is 53.6 Å². The molecule has 0 unspecified atom stereocenters. The van der Waals surface area contributed by atoms with Gasteiger partial charge in [-0.2, -0.15) is 0 Å². The van der Waals surface area contributed by atoms with E-state index in [4.69, 9.17) is 17.0 Å². The Kier molecular flexibility index (Phi) is 5.13. The molecule has 1 saturated heterocycles. The first-order valence-corrected chi connectivity index (χ1v) is 11.5. The summed E-state index contributed by atoms with van der Waals surface area (Å²) in [5.74, 6) is 0.0878. The molecule has 168 valence electrons. The Morgan fingerprint density at radius 1 is 1.03 bits per heavy atom. The monoisotopic (exact) mass is 457 g/mol. The van der Waals surface area contributed by atoms with Gasteiger partial charge in [0.15, 0.2) is 10.8 Å². The van der Waals surface area contributed by atoms with Gasteiger partial charge in [0.25, 0.3) is 0 Å². The number of carbonyl (C=O) groups is 1. The third kappa shape index (κ3) is 3.55. The summed E-state index contributed by atoms with van der Waals surface area (Å²) in [4.78, 5) is 15.8. The summed E-state index contributed by atoms with van der Waals surface area (Å²) in [7, 11) is 0. The van der Waals surface area contributed by atoms with Gasteiger partial charge in [0.2, 0.25) is 5.91 Å². The number of hydrogen-bond acceptors (Lipinski definition) is 3. The van der Waals surface area contributed by atoms with Crippen LogP contribution in [0.25, 0.3) is 0 Å². The van der Waals surface area contributed by atoms with Gasteiger partial charge in [-0.05, 0) is 69.7 Å². The number of amides is 1. The lowest BCUT2D eigenvalue weighted by atomic mass is 9.78. The Labute approximate surface area is 199 Å². The maximum atomic E-state index is 13.9. The molecule has 2 aliphatic heterocycles. The number of hydrogen-bond donors (Lipinski definition) is 2. The summed E-state index contributed by atoms with van der Waals surface area (Å²) in [5, 5.41) is 7.15. The molecule has 0 saturated carbocycles. The molecule has 0 spiro atoms. The number of benzene rings is 3. The van der Waals surface area contributed by atoms with E-state index >= 15 is 0 Å². The number of nitrogens with zero attached hydrogens (tertiary/aromatic N) is 1. The molecular formula is C27H27N3O2S. The Morgan fingerprint density at radius 2 is 1.73 bits per heavy atom. The predicted octanol–water partition coefficient (Wildman–Crippen LogP) is 5.41. The first kappa shape index (κ1) is 21.5. The summed E-state index contributed by atoms with van der Waals surface area (Å²) >= 11 is 5.80. The summed E-state index contributed by atoms with van der Waals surface area (Å²) < 4.78 is 6.62. The maximum absolute atomic E-state index is 13.9. The number of para-hydroxylation sites is 1. The zero-order valence-electron chi connectivity index (χ0n) is 19.2. The van der Waals surface area contributed by atoms with E-state index in [1.54, 1.807) is 0 Å². The van der Waals surface area contributed by atoms with Crippen LogP contribution in [0.15, 0.2) is 66.7 Å². The SMILES string of the molecule is Cc1ccc(N2C(=S)N[C@H]3c4ccccc4O[C@]2(C)[C@@H]3C(=O)Nc2ccc(C)cc2C)cc1. The number of nitrogens with one attached hydrogen (secondary N) is 2. The van der Waals surface area contributed by atoms with Crippen LogP contribution in [-0.4, -0.2) is 16.7 Å². The molecule has 0 radical (unpaired) electrons. The Balaban J connectivity index is 1.61. The average molecular weight is 458 g/mol. The minimum absolute atomic E-state index is 0.115. The molecule has 0 aromatic heterocycles.